The number of nitrogens with zero attached hydrogens (tertiary/aromatic N) is 7. The van der Waals surface area contributed by atoms with Gasteiger partial charge in [0.1, 0.15) is 18.0 Å². The van der Waals surface area contributed by atoms with Crippen molar-refractivity contribution in [2.24, 2.45) is 26.0 Å². The zero-order chi connectivity index (χ0) is 26.2. The Labute approximate surface area is 197 Å². The number of likely N-dealkylation sites (N-methyl/N-ethyl adjacent to an activating group) is 1. The summed E-state index contributed by atoms with van der Waals surface area (Å²) in [6.07, 6.45) is 1.48. The second kappa shape index (κ2) is 23.2. The molecule has 3 heterocycles. The van der Waals surface area contributed by atoms with Gasteiger partial charge in [-0.3, -0.25) is 15.1 Å². The number of aromatic amines is 1. The predicted octanol–water partition coefficient (Wildman–Crippen LogP) is 2.13. The highest BCUT2D eigenvalue weighted by molar-refractivity contribution is 5.81. The average molecular weight is 470 g/mol. The standard InChI is InChI=1S/C5H10N2.C4H8N2.C3H5N3.C3H7NO.C3H7N.C2H6N2O/c1-5-6-3-4-7(5)2;1-4-5-2-3-6-4;1-3-4-2-5-6-3;1-3(2)4-5;1-3(2)4;1-2(3)4-5/h3-4H2,1-2H3;2-3H2,1H3,(H,5,6);2H,1H3,(H,4,5,6);5H,1-2H3;4H,1-2H3;5H,1H3,(H2,3,4). The smallest absolute Gasteiger partial charge is 0.137 e. The van der Waals surface area contributed by atoms with E-state index in [1.807, 2.05) is 20.8 Å². The lowest BCUT2D eigenvalue weighted by Gasteiger charge is -2.07. The molecule has 0 spiro atoms. The van der Waals surface area contributed by atoms with E-state index in [1.165, 1.54) is 19.1 Å². The van der Waals surface area contributed by atoms with E-state index in [0.29, 0.717) is 11.4 Å². The Bertz CT molecular complexity index is 698. The van der Waals surface area contributed by atoms with Crippen molar-refractivity contribution in [3.05, 3.63) is 12.2 Å². The van der Waals surface area contributed by atoms with Gasteiger partial charge < -0.3 is 31.8 Å². The van der Waals surface area contributed by atoms with Crippen LogP contribution in [0.3, 0.4) is 0 Å². The maximum absolute atomic E-state index is 7.73. The fraction of sp³-hybridized carbons (Fsp3) is 0.650. The first kappa shape index (κ1) is 34.1. The quantitative estimate of drug-likeness (QED) is 0.145. The number of amidine groups is 3. The molecule has 0 aromatic carbocycles. The van der Waals surface area contributed by atoms with Crippen molar-refractivity contribution >= 4 is 28.9 Å². The minimum absolute atomic E-state index is 0.185. The van der Waals surface area contributed by atoms with E-state index in [4.69, 9.17) is 21.6 Å². The van der Waals surface area contributed by atoms with E-state index >= 15 is 0 Å². The third-order valence-corrected chi connectivity index (χ3v) is 3.06. The monoisotopic (exact) mass is 469 g/mol. The molecule has 0 bridgehead atoms. The lowest BCUT2D eigenvalue weighted by atomic mass is 10.5. The van der Waals surface area contributed by atoms with Gasteiger partial charge in [-0.15, -0.1) is 0 Å². The van der Waals surface area contributed by atoms with Crippen LogP contribution in [0.1, 0.15) is 54.3 Å². The number of aliphatic imine (C=N–C) groups is 2. The number of H-pyrrole nitrogens is 1. The van der Waals surface area contributed by atoms with Crippen molar-refractivity contribution in [2.45, 2.75) is 55.4 Å². The third kappa shape index (κ3) is 33.3. The number of hydrogen-bond donors (Lipinski definition) is 6. The van der Waals surface area contributed by atoms with Crippen molar-refractivity contribution in [3.63, 3.8) is 0 Å². The highest BCUT2D eigenvalue weighted by Gasteiger charge is 2.04. The zero-order valence-corrected chi connectivity index (χ0v) is 21.5. The Hall–Kier alpha value is -3.51. The van der Waals surface area contributed by atoms with E-state index in [2.05, 4.69) is 52.7 Å². The summed E-state index contributed by atoms with van der Waals surface area (Å²) < 4.78 is 0. The molecule has 13 nitrogen and oxygen atoms in total. The Balaban J connectivity index is -0.000000331. The van der Waals surface area contributed by atoms with E-state index in [9.17, 15) is 0 Å². The van der Waals surface area contributed by atoms with Crippen LogP contribution in [0.4, 0.5) is 0 Å². The molecule has 0 fully saturated rings. The topological polar surface area (TPSA) is 197 Å². The minimum atomic E-state index is 0.185. The van der Waals surface area contributed by atoms with Crippen molar-refractivity contribution in [1.29, 1.82) is 5.41 Å². The van der Waals surface area contributed by atoms with Gasteiger partial charge in [0, 0.05) is 25.8 Å². The van der Waals surface area contributed by atoms with Gasteiger partial charge in [0.2, 0.25) is 0 Å². The van der Waals surface area contributed by atoms with Crippen LogP contribution in [0.5, 0.6) is 0 Å². The number of nitrogens with one attached hydrogen (secondary N) is 3. The Kier molecular flexibility index (Phi) is 23.9. The van der Waals surface area contributed by atoms with Gasteiger partial charge in [0.05, 0.1) is 30.5 Å². The largest absolute Gasteiger partial charge is 0.411 e. The number of rotatable bonds is 0. The molecule has 2 aliphatic heterocycles. The van der Waals surface area contributed by atoms with Crippen LogP contribution in [-0.2, 0) is 0 Å². The summed E-state index contributed by atoms with van der Waals surface area (Å²) in [4.78, 5) is 14.1. The molecular formula is C20H43N11O2. The number of aromatic nitrogens is 3. The summed E-state index contributed by atoms with van der Waals surface area (Å²) in [5.74, 6) is 3.29. The van der Waals surface area contributed by atoms with Gasteiger partial charge in [0.15, 0.2) is 0 Å². The first-order valence-corrected chi connectivity index (χ1v) is 10.3. The molecule has 0 saturated carbocycles. The number of oxime groups is 2. The van der Waals surface area contributed by atoms with E-state index in [0.717, 1.165) is 37.8 Å². The zero-order valence-electron chi connectivity index (χ0n) is 21.5. The van der Waals surface area contributed by atoms with Crippen molar-refractivity contribution < 1.29 is 10.4 Å². The molecule has 1 aromatic rings. The molecule has 0 saturated heterocycles. The molecule has 190 valence electrons. The van der Waals surface area contributed by atoms with Gasteiger partial charge in [-0.25, -0.2) is 4.98 Å². The third-order valence-electron chi connectivity index (χ3n) is 3.06. The molecule has 3 rings (SSSR count). The summed E-state index contributed by atoms with van der Waals surface area (Å²) in [6.45, 7) is 18.4. The van der Waals surface area contributed by atoms with Crippen LogP contribution in [0.2, 0.25) is 0 Å². The molecule has 2 aliphatic rings. The lowest BCUT2D eigenvalue weighted by Crippen LogP contribution is -2.19. The van der Waals surface area contributed by atoms with Crippen LogP contribution in [-0.4, -0.2) is 92.7 Å². The SMILES string of the molecule is C/C(N)=N\O.CC(C)=N.CC(C)=NO.CC1=NCCN1.CC1=NCCN1C.Cc1ncn[nH]1. The highest BCUT2D eigenvalue weighted by Crippen LogP contribution is 1.94. The van der Waals surface area contributed by atoms with E-state index in [-0.39, 0.29) is 5.84 Å². The van der Waals surface area contributed by atoms with E-state index in [1.54, 1.807) is 27.7 Å². The average Bonchev–Trinajstić information content (AvgIpc) is 3.49. The normalized spacial score (nSPS) is 13.1. The van der Waals surface area contributed by atoms with Crippen molar-refractivity contribution in [3.8, 4) is 0 Å². The summed E-state index contributed by atoms with van der Waals surface area (Å²) in [6, 6.07) is 0. The highest BCUT2D eigenvalue weighted by atomic mass is 16.4. The summed E-state index contributed by atoms with van der Waals surface area (Å²) in [7, 11) is 2.06. The number of aryl methyl sites for hydroxylation is 1. The molecule has 0 unspecified atom stereocenters. The molecule has 7 N–H and O–H groups in total. The van der Waals surface area contributed by atoms with Crippen LogP contribution in [0, 0.1) is 12.3 Å². The maximum atomic E-state index is 7.73. The molecular weight excluding hydrogens is 426 g/mol. The van der Waals surface area contributed by atoms with Crippen molar-refractivity contribution in [2.75, 3.05) is 33.2 Å². The van der Waals surface area contributed by atoms with Crippen LogP contribution in [0.15, 0.2) is 26.6 Å². The Morgan fingerprint density at radius 2 is 1.58 bits per heavy atom. The molecule has 33 heavy (non-hydrogen) atoms. The summed E-state index contributed by atoms with van der Waals surface area (Å²) >= 11 is 0. The molecule has 0 aliphatic carbocycles. The first-order valence-electron chi connectivity index (χ1n) is 10.3. The van der Waals surface area contributed by atoms with Gasteiger partial charge in [-0.1, -0.05) is 10.3 Å². The van der Waals surface area contributed by atoms with Crippen LogP contribution in [0.25, 0.3) is 0 Å². The fourth-order valence-electron chi connectivity index (χ4n) is 1.43. The molecule has 0 amide bonds. The molecule has 0 atom stereocenters. The predicted molar refractivity (Wildman–Crippen MR) is 136 cm³/mol. The molecule has 1 aromatic heterocycles. The number of hydrogen-bond acceptors (Lipinski definition) is 11. The Morgan fingerprint density at radius 3 is 1.67 bits per heavy atom. The second-order valence-corrected chi connectivity index (χ2v) is 7.10. The second-order valence-electron chi connectivity index (χ2n) is 7.10. The number of nitrogens with two attached hydrogens (primary N) is 1. The maximum Gasteiger partial charge on any atom is 0.137 e. The van der Waals surface area contributed by atoms with Gasteiger partial charge in [-0.05, 0) is 55.4 Å². The fourth-order valence-corrected chi connectivity index (χ4v) is 1.43. The van der Waals surface area contributed by atoms with E-state index < -0.39 is 0 Å². The van der Waals surface area contributed by atoms with Gasteiger partial charge in [0.25, 0.3) is 0 Å². The van der Waals surface area contributed by atoms with Gasteiger partial charge in [-0.2, -0.15) is 5.10 Å². The summed E-state index contributed by atoms with van der Waals surface area (Å²) in [5, 5.41) is 36.5. The van der Waals surface area contributed by atoms with Crippen LogP contribution >= 0.6 is 0 Å². The van der Waals surface area contributed by atoms with Crippen LogP contribution < -0.4 is 11.1 Å². The first-order chi connectivity index (χ1) is 15.4. The van der Waals surface area contributed by atoms with Gasteiger partial charge >= 0.3 is 0 Å². The minimum Gasteiger partial charge on any atom is -0.411 e. The van der Waals surface area contributed by atoms with Crippen molar-refractivity contribution in [1.82, 2.24) is 25.4 Å². The summed E-state index contributed by atoms with van der Waals surface area (Å²) in [5.41, 5.74) is 6.14. The Morgan fingerprint density at radius 1 is 1.06 bits per heavy atom. The molecule has 0 radical (unpaired) electrons. The lowest BCUT2D eigenvalue weighted by molar-refractivity contribution is 0.318. The molecule has 13 heteroatoms.